The SMILES string of the molecule is Cc1[nH]nc(C(=O)NC2(Cc3cccc(F)c3)CCC2)c1Br. The number of benzene rings is 1. The number of carbonyl (C=O) groups is 1. The quantitative estimate of drug-likeness (QED) is 0.870. The van der Waals surface area contributed by atoms with Crippen molar-refractivity contribution >= 4 is 21.8 Å². The number of halogens is 2. The Labute approximate surface area is 136 Å². The Balaban J connectivity index is 1.76. The standard InChI is InChI=1S/C16H17BrFN3O/c1-10-13(17)14(21-20-10)15(22)19-16(6-3-7-16)9-11-4-2-5-12(18)8-11/h2,4-5,8H,3,6-7,9H2,1H3,(H,19,22)(H,20,21). The number of rotatable bonds is 4. The molecule has 1 amide bonds. The van der Waals surface area contributed by atoms with E-state index in [2.05, 4.69) is 31.4 Å². The third kappa shape index (κ3) is 2.92. The molecular formula is C16H17BrFN3O. The summed E-state index contributed by atoms with van der Waals surface area (Å²) in [5.41, 5.74) is 1.79. The lowest BCUT2D eigenvalue weighted by Gasteiger charge is -2.42. The Hall–Kier alpha value is -1.69. The molecule has 116 valence electrons. The van der Waals surface area contributed by atoms with Crippen molar-refractivity contribution in [2.45, 2.75) is 38.1 Å². The highest BCUT2D eigenvalue weighted by molar-refractivity contribution is 9.10. The average molecular weight is 366 g/mol. The molecule has 2 aromatic rings. The molecule has 0 saturated heterocycles. The lowest BCUT2D eigenvalue weighted by Crippen LogP contribution is -2.55. The minimum atomic E-state index is -0.294. The largest absolute Gasteiger partial charge is 0.345 e. The molecule has 0 bridgehead atoms. The molecule has 4 nitrogen and oxygen atoms in total. The zero-order chi connectivity index (χ0) is 15.7. The second-order valence-corrected chi connectivity index (χ2v) is 6.70. The maximum atomic E-state index is 13.3. The average Bonchev–Trinajstić information content (AvgIpc) is 2.76. The van der Waals surface area contributed by atoms with Gasteiger partial charge in [0.1, 0.15) is 5.82 Å². The van der Waals surface area contributed by atoms with Crippen molar-refractivity contribution in [1.29, 1.82) is 0 Å². The number of H-pyrrole nitrogens is 1. The molecule has 1 aromatic heterocycles. The maximum Gasteiger partial charge on any atom is 0.273 e. The molecule has 1 fully saturated rings. The minimum Gasteiger partial charge on any atom is -0.345 e. The molecule has 0 unspecified atom stereocenters. The van der Waals surface area contributed by atoms with Crippen LogP contribution in [-0.2, 0) is 6.42 Å². The first-order valence-electron chi connectivity index (χ1n) is 7.26. The number of nitrogens with zero attached hydrogens (tertiary/aromatic N) is 1. The molecule has 0 aliphatic heterocycles. The Kier molecular flexibility index (Phi) is 4.04. The summed E-state index contributed by atoms with van der Waals surface area (Å²) in [6, 6.07) is 6.55. The highest BCUT2D eigenvalue weighted by Crippen LogP contribution is 2.35. The van der Waals surface area contributed by atoms with Crippen molar-refractivity contribution in [2.24, 2.45) is 0 Å². The number of nitrogens with one attached hydrogen (secondary N) is 2. The van der Waals surface area contributed by atoms with E-state index in [-0.39, 0.29) is 17.3 Å². The Morgan fingerprint density at radius 2 is 2.27 bits per heavy atom. The van der Waals surface area contributed by atoms with E-state index in [1.807, 2.05) is 13.0 Å². The molecule has 1 aliphatic carbocycles. The summed E-state index contributed by atoms with van der Waals surface area (Å²) >= 11 is 3.37. The molecule has 0 atom stereocenters. The van der Waals surface area contributed by atoms with E-state index >= 15 is 0 Å². The van der Waals surface area contributed by atoms with Gasteiger partial charge in [0.05, 0.1) is 4.47 Å². The highest BCUT2D eigenvalue weighted by Gasteiger charge is 2.39. The summed E-state index contributed by atoms with van der Waals surface area (Å²) in [7, 11) is 0. The van der Waals surface area contributed by atoms with E-state index < -0.39 is 0 Å². The summed E-state index contributed by atoms with van der Waals surface area (Å²) in [6.45, 7) is 1.85. The van der Waals surface area contributed by atoms with Crippen LogP contribution in [0.25, 0.3) is 0 Å². The summed E-state index contributed by atoms with van der Waals surface area (Å²) in [6.07, 6.45) is 3.50. The van der Waals surface area contributed by atoms with Gasteiger partial charge in [-0.25, -0.2) is 4.39 Å². The first kappa shape index (κ1) is 15.2. The van der Waals surface area contributed by atoms with E-state index in [0.717, 1.165) is 30.5 Å². The molecule has 0 spiro atoms. The van der Waals surface area contributed by atoms with Gasteiger partial charge in [0.2, 0.25) is 0 Å². The van der Waals surface area contributed by atoms with Gasteiger partial charge in [-0.3, -0.25) is 9.89 Å². The fraction of sp³-hybridized carbons (Fsp3) is 0.375. The predicted molar refractivity (Wildman–Crippen MR) is 85.2 cm³/mol. The van der Waals surface area contributed by atoms with Crippen molar-refractivity contribution < 1.29 is 9.18 Å². The van der Waals surface area contributed by atoms with Gasteiger partial charge < -0.3 is 5.32 Å². The second-order valence-electron chi connectivity index (χ2n) is 5.91. The summed E-state index contributed by atoms with van der Waals surface area (Å²) in [5.74, 6) is -0.448. The molecule has 6 heteroatoms. The first-order chi connectivity index (χ1) is 10.5. The van der Waals surface area contributed by atoms with Crippen molar-refractivity contribution in [3.05, 3.63) is 51.5 Å². The van der Waals surface area contributed by atoms with Gasteiger partial charge in [0.25, 0.3) is 5.91 Å². The van der Waals surface area contributed by atoms with Gasteiger partial charge in [-0.15, -0.1) is 0 Å². The van der Waals surface area contributed by atoms with Gasteiger partial charge in [-0.1, -0.05) is 12.1 Å². The van der Waals surface area contributed by atoms with Gasteiger partial charge >= 0.3 is 0 Å². The van der Waals surface area contributed by atoms with E-state index in [1.165, 1.54) is 12.1 Å². The zero-order valence-electron chi connectivity index (χ0n) is 12.2. The molecule has 1 aliphatic rings. The van der Waals surface area contributed by atoms with Crippen molar-refractivity contribution in [3.8, 4) is 0 Å². The third-order valence-corrected chi connectivity index (χ3v) is 5.18. The smallest absolute Gasteiger partial charge is 0.273 e. The number of hydrogen-bond donors (Lipinski definition) is 2. The molecule has 1 heterocycles. The van der Waals surface area contributed by atoms with Crippen LogP contribution in [0.15, 0.2) is 28.7 Å². The van der Waals surface area contributed by atoms with Crippen LogP contribution < -0.4 is 5.32 Å². The lowest BCUT2D eigenvalue weighted by atomic mass is 9.72. The van der Waals surface area contributed by atoms with Crippen LogP contribution in [-0.4, -0.2) is 21.6 Å². The Morgan fingerprint density at radius 3 is 2.82 bits per heavy atom. The highest BCUT2D eigenvalue weighted by atomic mass is 79.9. The van der Waals surface area contributed by atoms with Gasteiger partial charge in [0.15, 0.2) is 5.69 Å². The number of carbonyl (C=O) groups excluding carboxylic acids is 1. The molecule has 1 aromatic carbocycles. The predicted octanol–water partition coefficient (Wildman–Crippen LogP) is 3.51. The lowest BCUT2D eigenvalue weighted by molar-refractivity contribution is 0.0820. The molecular weight excluding hydrogens is 349 g/mol. The minimum absolute atomic E-state index is 0.202. The molecule has 3 rings (SSSR count). The first-order valence-corrected chi connectivity index (χ1v) is 8.06. The van der Waals surface area contributed by atoms with Crippen molar-refractivity contribution in [1.82, 2.24) is 15.5 Å². The van der Waals surface area contributed by atoms with Gasteiger partial charge in [0, 0.05) is 11.2 Å². The third-order valence-electron chi connectivity index (χ3n) is 4.21. The monoisotopic (exact) mass is 365 g/mol. The van der Waals surface area contributed by atoms with Crippen molar-refractivity contribution in [3.63, 3.8) is 0 Å². The Bertz CT molecular complexity index is 709. The second kappa shape index (κ2) is 5.83. The summed E-state index contributed by atoms with van der Waals surface area (Å²) in [5, 5.41) is 9.92. The summed E-state index contributed by atoms with van der Waals surface area (Å²) in [4.78, 5) is 12.4. The van der Waals surface area contributed by atoms with Crippen LogP contribution in [0.1, 0.15) is 41.0 Å². The van der Waals surface area contributed by atoms with Crippen LogP contribution >= 0.6 is 15.9 Å². The fourth-order valence-electron chi connectivity index (χ4n) is 2.85. The normalized spacial score (nSPS) is 16.1. The molecule has 2 N–H and O–H groups in total. The summed E-state index contributed by atoms with van der Waals surface area (Å²) < 4.78 is 14.0. The van der Waals surface area contributed by atoms with E-state index in [4.69, 9.17) is 0 Å². The van der Waals surface area contributed by atoms with E-state index in [0.29, 0.717) is 16.6 Å². The maximum absolute atomic E-state index is 13.3. The van der Waals surface area contributed by atoms with Gasteiger partial charge in [-0.05, 0) is 66.2 Å². The van der Waals surface area contributed by atoms with Gasteiger partial charge in [-0.2, -0.15) is 5.10 Å². The fourth-order valence-corrected chi connectivity index (χ4v) is 3.21. The van der Waals surface area contributed by atoms with Crippen LogP contribution in [0.2, 0.25) is 0 Å². The number of aryl methyl sites for hydroxylation is 1. The van der Waals surface area contributed by atoms with Crippen LogP contribution in [0.4, 0.5) is 4.39 Å². The van der Waals surface area contributed by atoms with Crippen molar-refractivity contribution in [2.75, 3.05) is 0 Å². The number of aromatic amines is 1. The Morgan fingerprint density at radius 1 is 1.50 bits per heavy atom. The van der Waals surface area contributed by atoms with Crippen LogP contribution in [0, 0.1) is 12.7 Å². The molecule has 22 heavy (non-hydrogen) atoms. The van der Waals surface area contributed by atoms with E-state index in [1.54, 1.807) is 6.07 Å². The zero-order valence-corrected chi connectivity index (χ0v) is 13.8. The molecule has 1 saturated carbocycles. The topological polar surface area (TPSA) is 57.8 Å². The molecule has 0 radical (unpaired) electrons. The number of amides is 1. The van der Waals surface area contributed by atoms with Crippen LogP contribution in [0.3, 0.4) is 0 Å². The van der Waals surface area contributed by atoms with E-state index in [9.17, 15) is 9.18 Å². The number of aromatic nitrogens is 2. The number of hydrogen-bond acceptors (Lipinski definition) is 2. The van der Waals surface area contributed by atoms with Crippen LogP contribution in [0.5, 0.6) is 0 Å².